The maximum absolute atomic E-state index is 12.8. The highest BCUT2D eigenvalue weighted by Gasteiger charge is 2.42. The summed E-state index contributed by atoms with van der Waals surface area (Å²) in [5, 5.41) is 0. The monoisotopic (exact) mass is 336 g/mol. The number of nitrogens with two attached hydrogens (primary N) is 1. The molecule has 1 fully saturated rings. The van der Waals surface area contributed by atoms with Crippen LogP contribution in [0.25, 0.3) is 0 Å². The van der Waals surface area contributed by atoms with Crippen LogP contribution in [0, 0.1) is 0 Å². The van der Waals surface area contributed by atoms with E-state index >= 15 is 0 Å². The Bertz CT molecular complexity index is 666. The van der Waals surface area contributed by atoms with E-state index in [1.54, 1.807) is 0 Å². The van der Waals surface area contributed by atoms with E-state index in [0.29, 0.717) is 6.42 Å². The number of carbonyl (C=O) groups excluding carboxylic acids is 1. The second-order valence-corrected chi connectivity index (χ2v) is 7.65. The fourth-order valence-electron chi connectivity index (χ4n) is 3.88. The lowest BCUT2D eigenvalue weighted by Crippen LogP contribution is -2.53. The fraction of sp³-hybridized carbons (Fsp3) is 0.409. The molecule has 0 aliphatic carbocycles. The highest BCUT2D eigenvalue weighted by molar-refractivity contribution is 5.90. The topological polar surface area (TPSA) is 46.3 Å². The van der Waals surface area contributed by atoms with Crippen molar-refractivity contribution in [3.63, 3.8) is 0 Å². The molecule has 3 heteroatoms. The van der Waals surface area contributed by atoms with Gasteiger partial charge in [-0.2, -0.15) is 0 Å². The van der Waals surface area contributed by atoms with Crippen LogP contribution in [0.1, 0.15) is 44.2 Å². The van der Waals surface area contributed by atoms with E-state index in [9.17, 15) is 4.79 Å². The number of likely N-dealkylation sites (tertiary alicyclic amines) is 1. The Morgan fingerprint density at radius 3 is 1.76 bits per heavy atom. The first-order valence-corrected chi connectivity index (χ1v) is 9.13. The summed E-state index contributed by atoms with van der Waals surface area (Å²) in [6, 6.07) is 20.0. The van der Waals surface area contributed by atoms with Gasteiger partial charge in [0.15, 0.2) is 0 Å². The van der Waals surface area contributed by atoms with Crippen LogP contribution in [0.5, 0.6) is 0 Å². The van der Waals surface area contributed by atoms with Gasteiger partial charge < -0.3 is 5.73 Å². The average Bonchev–Trinajstić information content (AvgIpc) is 2.55. The van der Waals surface area contributed by atoms with Gasteiger partial charge in [-0.15, -0.1) is 0 Å². The van der Waals surface area contributed by atoms with Crippen LogP contribution >= 0.6 is 0 Å². The van der Waals surface area contributed by atoms with Crippen LogP contribution in [0.3, 0.4) is 0 Å². The molecule has 25 heavy (non-hydrogen) atoms. The molecule has 1 amide bonds. The van der Waals surface area contributed by atoms with Crippen LogP contribution in [0.15, 0.2) is 60.7 Å². The Hall–Kier alpha value is -2.13. The molecule has 0 spiro atoms. The number of hydrogen-bond acceptors (Lipinski definition) is 2. The Balaban J connectivity index is 2.00. The minimum atomic E-state index is -0.787. The number of amides is 1. The largest absolute Gasteiger partial charge is 0.369 e. The first-order valence-electron chi connectivity index (χ1n) is 9.13. The van der Waals surface area contributed by atoms with Gasteiger partial charge in [0.05, 0.1) is 5.41 Å². The molecular weight excluding hydrogens is 308 g/mol. The second kappa shape index (κ2) is 7.01. The minimum Gasteiger partial charge on any atom is -0.369 e. The zero-order valence-corrected chi connectivity index (χ0v) is 15.2. The highest BCUT2D eigenvalue weighted by Crippen LogP contribution is 2.39. The Labute approximate surface area is 150 Å². The smallest absolute Gasteiger partial charge is 0.232 e. The summed E-state index contributed by atoms with van der Waals surface area (Å²) in [6.45, 7) is 6.84. The van der Waals surface area contributed by atoms with Crippen molar-refractivity contribution in [2.24, 2.45) is 5.73 Å². The maximum Gasteiger partial charge on any atom is 0.232 e. The SMILES string of the molecule is CC(C)(CCC(C(N)=O)(c1ccccc1)c1ccccc1)N1CCC1. The van der Waals surface area contributed by atoms with Crippen molar-refractivity contribution in [3.8, 4) is 0 Å². The van der Waals surface area contributed by atoms with Crippen LogP contribution in [0.2, 0.25) is 0 Å². The van der Waals surface area contributed by atoms with Crippen LogP contribution in [0.4, 0.5) is 0 Å². The first kappa shape index (κ1) is 17.7. The third-order valence-electron chi connectivity index (χ3n) is 5.78. The predicted octanol–water partition coefficient (Wildman–Crippen LogP) is 3.72. The molecule has 3 rings (SSSR count). The maximum atomic E-state index is 12.8. The van der Waals surface area contributed by atoms with Gasteiger partial charge in [-0.3, -0.25) is 9.69 Å². The Morgan fingerprint density at radius 1 is 0.920 bits per heavy atom. The molecule has 0 unspecified atom stereocenters. The lowest BCUT2D eigenvalue weighted by Gasteiger charge is -2.46. The zero-order chi connectivity index (χ0) is 17.9. The molecule has 0 radical (unpaired) electrons. The van der Waals surface area contributed by atoms with E-state index in [4.69, 9.17) is 5.73 Å². The summed E-state index contributed by atoms with van der Waals surface area (Å²) in [4.78, 5) is 15.3. The molecule has 0 bridgehead atoms. The van der Waals surface area contributed by atoms with Crippen molar-refractivity contribution in [1.82, 2.24) is 4.90 Å². The van der Waals surface area contributed by atoms with E-state index in [1.807, 2.05) is 60.7 Å². The quantitative estimate of drug-likeness (QED) is 0.837. The molecule has 1 heterocycles. The van der Waals surface area contributed by atoms with Crippen molar-refractivity contribution < 1.29 is 4.79 Å². The molecule has 1 aliphatic rings. The number of nitrogens with zero attached hydrogens (tertiary/aromatic N) is 1. The number of carbonyl (C=O) groups is 1. The molecule has 3 nitrogen and oxygen atoms in total. The van der Waals surface area contributed by atoms with Gasteiger partial charge in [0.2, 0.25) is 5.91 Å². The van der Waals surface area contributed by atoms with E-state index < -0.39 is 5.41 Å². The van der Waals surface area contributed by atoms with Gasteiger partial charge in [-0.05, 0) is 57.3 Å². The van der Waals surface area contributed by atoms with Crippen molar-refractivity contribution in [3.05, 3.63) is 71.8 Å². The van der Waals surface area contributed by atoms with Gasteiger partial charge >= 0.3 is 0 Å². The lowest BCUT2D eigenvalue weighted by molar-refractivity contribution is -0.122. The van der Waals surface area contributed by atoms with Crippen molar-refractivity contribution in [2.45, 2.75) is 44.1 Å². The van der Waals surface area contributed by atoms with E-state index in [1.165, 1.54) is 6.42 Å². The predicted molar refractivity (Wildman–Crippen MR) is 102 cm³/mol. The number of rotatable bonds is 7. The summed E-state index contributed by atoms with van der Waals surface area (Å²) in [5.41, 5.74) is 7.28. The Morgan fingerprint density at radius 2 is 1.40 bits per heavy atom. The number of primary amides is 1. The fourth-order valence-corrected chi connectivity index (χ4v) is 3.88. The van der Waals surface area contributed by atoms with Gasteiger partial charge in [0.1, 0.15) is 0 Å². The molecule has 2 aromatic rings. The molecule has 0 atom stereocenters. The van der Waals surface area contributed by atoms with Gasteiger partial charge in [-0.1, -0.05) is 60.7 Å². The second-order valence-electron chi connectivity index (χ2n) is 7.65. The molecule has 0 saturated carbocycles. The molecule has 0 aromatic heterocycles. The molecule has 1 aliphatic heterocycles. The summed E-state index contributed by atoms with van der Waals surface area (Å²) < 4.78 is 0. The van der Waals surface area contributed by atoms with E-state index in [2.05, 4.69) is 18.7 Å². The third-order valence-corrected chi connectivity index (χ3v) is 5.78. The summed E-state index contributed by atoms with van der Waals surface area (Å²) in [5.74, 6) is -0.274. The lowest BCUT2D eigenvalue weighted by atomic mass is 9.69. The molecule has 132 valence electrons. The van der Waals surface area contributed by atoms with E-state index in [-0.39, 0.29) is 11.4 Å². The minimum absolute atomic E-state index is 0.0719. The molecule has 2 N–H and O–H groups in total. The van der Waals surface area contributed by atoms with Gasteiger partial charge in [0.25, 0.3) is 0 Å². The van der Waals surface area contributed by atoms with Crippen LogP contribution in [-0.4, -0.2) is 29.4 Å². The van der Waals surface area contributed by atoms with Crippen molar-refractivity contribution in [2.75, 3.05) is 13.1 Å². The standard InChI is InChI=1S/C22H28N2O/c1-21(2,24-16-9-17-24)14-15-22(20(23)25,18-10-5-3-6-11-18)19-12-7-4-8-13-19/h3-8,10-13H,9,14-17H2,1-2H3,(H2,23,25). The van der Waals surface area contributed by atoms with Gasteiger partial charge in [-0.25, -0.2) is 0 Å². The summed E-state index contributed by atoms with van der Waals surface area (Å²) >= 11 is 0. The first-order chi connectivity index (χ1) is 12.0. The van der Waals surface area contributed by atoms with Crippen molar-refractivity contribution in [1.29, 1.82) is 0 Å². The number of benzene rings is 2. The van der Waals surface area contributed by atoms with E-state index in [0.717, 1.165) is 30.6 Å². The molecular formula is C22H28N2O. The number of hydrogen-bond donors (Lipinski definition) is 1. The van der Waals surface area contributed by atoms with Crippen molar-refractivity contribution >= 4 is 5.91 Å². The average molecular weight is 336 g/mol. The van der Waals surface area contributed by atoms with Gasteiger partial charge in [0, 0.05) is 5.54 Å². The van der Waals surface area contributed by atoms with Crippen LogP contribution < -0.4 is 5.73 Å². The normalized spacial score (nSPS) is 15.6. The Kier molecular flexibility index (Phi) is 4.96. The van der Waals surface area contributed by atoms with Crippen LogP contribution in [-0.2, 0) is 10.2 Å². The zero-order valence-electron chi connectivity index (χ0n) is 15.2. The molecule has 1 saturated heterocycles. The summed E-state index contributed by atoms with van der Waals surface area (Å²) in [7, 11) is 0. The third kappa shape index (κ3) is 3.34. The molecule has 2 aromatic carbocycles. The summed E-state index contributed by atoms with van der Waals surface area (Å²) in [6.07, 6.45) is 2.89. The highest BCUT2D eigenvalue weighted by atomic mass is 16.1.